The molecule has 3 aromatic heterocycles. The van der Waals surface area contributed by atoms with Gasteiger partial charge in [0.15, 0.2) is 5.13 Å². The van der Waals surface area contributed by atoms with Crippen molar-refractivity contribution in [1.29, 1.82) is 0 Å². The zero-order valence-electron chi connectivity index (χ0n) is 16.8. The van der Waals surface area contributed by atoms with Crippen molar-refractivity contribution in [2.45, 2.75) is 13.5 Å². The Morgan fingerprint density at radius 2 is 2.17 bits per heavy atom. The minimum atomic E-state index is -0.993. The summed E-state index contributed by atoms with van der Waals surface area (Å²) < 4.78 is 5.45. The Kier molecular flexibility index (Phi) is 5.81. The highest BCUT2D eigenvalue weighted by molar-refractivity contribution is 7.17. The van der Waals surface area contributed by atoms with Crippen LogP contribution >= 0.6 is 11.3 Å². The molecule has 0 unspecified atom stereocenters. The number of carboxylic acids is 1. The number of hydrogen-bond donors (Lipinski definition) is 3. The molecule has 30 heavy (non-hydrogen) atoms. The fourth-order valence-electron chi connectivity index (χ4n) is 3.19. The summed E-state index contributed by atoms with van der Waals surface area (Å²) in [4.78, 5) is 29.3. The number of anilines is 4. The van der Waals surface area contributed by atoms with E-state index in [1.54, 1.807) is 13.2 Å². The summed E-state index contributed by atoms with van der Waals surface area (Å²) >= 11 is 1.07. The number of furan rings is 1. The predicted molar refractivity (Wildman–Crippen MR) is 115 cm³/mol. The van der Waals surface area contributed by atoms with Gasteiger partial charge in [-0.2, -0.15) is 9.97 Å². The van der Waals surface area contributed by atoms with Crippen molar-refractivity contribution in [1.82, 2.24) is 20.3 Å². The number of aryl methyl sites for hydroxylation is 1. The van der Waals surface area contributed by atoms with Crippen LogP contribution in [0.1, 0.15) is 21.1 Å². The molecular formula is C19H23N7O3S. The van der Waals surface area contributed by atoms with Gasteiger partial charge in [-0.05, 0) is 19.1 Å². The number of rotatable bonds is 7. The maximum atomic E-state index is 11.3. The topological polar surface area (TPSA) is 120 Å². The Balaban J connectivity index is 1.64. The van der Waals surface area contributed by atoms with Gasteiger partial charge in [-0.25, -0.2) is 9.78 Å². The normalized spacial score (nSPS) is 14.0. The van der Waals surface area contributed by atoms with E-state index in [4.69, 9.17) is 4.42 Å². The van der Waals surface area contributed by atoms with Crippen molar-refractivity contribution in [3.05, 3.63) is 40.8 Å². The molecule has 11 heteroatoms. The Bertz CT molecular complexity index is 1020. The van der Waals surface area contributed by atoms with Crippen molar-refractivity contribution in [3.63, 3.8) is 0 Å². The van der Waals surface area contributed by atoms with Crippen LogP contribution in [0.2, 0.25) is 0 Å². The Morgan fingerprint density at radius 1 is 1.37 bits per heavy atom. The highest BCUT2D eigenvalue weighted by Crippen LogP contribution is 2.27. The third kappa shape index (κ3) is 4.52. The van der Waals surface area contributed by atoms with Crippen molar-refractivity contribution in [3.8, 4) is 0 Å². The summed E-state index contributed by atoms with van der Waals surface area (Å²) in [5, 5.41) is 16.1. The zero-order chi connectivity index (χ0) is 21.1. The number of nitrogens with one attached hydrogen (secondary N) is 2. The molecule has 1 aliphatic heterocycles. The maximum absolute atomic E-state index is 11.3. The third-order valence-electron chi connectivity index (χ3n) is 4.71. The first-order chi connectivity index (χ1) is 14.5. The van der Waals surface area contributed by atoms with Crippen molar-refractivity contribution in [2.24, 2.45) is 0 Å². The number of piperazine rings is 1. The molecule has 0 aromatic carbocycles. The van der Waals surface area contributed by atoms with E-state index in [-0.39, 0.29) is 4.88 Å². The van der Waals surface area contributed by atoms with Crippen LogP contribution in [0.5, 0.6) is 0 Å². The molecule has 0 spiro atoms. The molecule has 1 aliphatic rings. The number of nitrogens with zero attached hydrogens (tertiary/aromatic N) is 5. The standard InChI is InChI=1S/C19H23N7O3S/c1-12-16(17(27)28)30-19(21-12)24-18-22-14(25(2)11-13-4-3-9-29-13)10-15(23-18)26-7-5-20-6-8-26/h3-4,9-10,20H,5-8,11H2,1-2H3,(H,27,28)(H,21,22,23,24). The number of aromatic carboxylic acids is 1. The molecule has 158 valence electrons. The first-order valence-electron chi connectivity index (χ1n) is 9.55. The summed E-state index contributed by atoms with van der Waals surface area (Å²) in [6.45, 7) is 5.69. The van der Waals surface area contributed by atoms with Crippen LogP contribution in [-0.2, 0) is 6.54 Å². The largest absolute Gasteiger partial charge is 0.477 e. The molecule has 0 saturated carbocycles. The number of carboxylic acid groups (broad SMARTS) is 1. The molecule has 0 radical (unpaired) electrons. The van der Waals surface area contributed by atoms with Gasteiger partial charge < -0.3 is 24.6 Å². The minimum absolute atomic E-state index is 0.200. The number of thiazole rings is 1. The van der Waals surface area contributed by atoms with Crippen molar-refractivity contribution >= 4 is 40.0 Å². The molecule has 1 fully saturated rings. The van der Waals surface area contributed by atoms with E-state index in [0.717, 1.165) is 54.9 Å². The van der Waals surface area contributed by atoms with Crippen LogP contribution in [-0.4, -0.2) is 59.3 Å². The van der Waals surface area contributed by atoms with Gasteiger partial charge in [0.05, 0.1) is 18.5 Å². The smallest absolute Gasteiger partial charge is 0.347 e. The van der Waals surface area contributed by atoms with Gasteiger partial charge in [-0.15, -0.1) is 0 Å². The number of carbonyl (C=O) groups is 1. The van der Waals surface area contributed by atoms with Crippen LogP contribution in [0, 0.1) is 6.92 Å². The third-order valence-corrected chi connectivity index (χ3v) is 5.77. The van der Waals surface area contributed by atoms with E-state index in [0.29, 0.717) is 23.3 Å². The summed E-state index contributed by atoms with van der Waals surface area (Å²) in [5.74, 6) is 1.74. The monoisotopic (exact) mass is 429 g/mol. The van der Waals surface area contributed by atoms with E-state index in [1.807, 2.05) is 30.1 Å². The Morgan fingerprint density at radius 3 is 2.83 bits per heavy atom. The van der Waals surface area contributed by atoms with Crippen LogP contribution in [0.25, 0.3) is 0 Å². The van der Waals surface area contributed by atoms with Gasteiger partial charge in [-0.1, -0.05) is 11.3 Å². The lowest BCUT2D eigenvalue weighted by molar-refractivity contribution is 0.0701. The average molecular weight is 430 g/mol. The van der Waals surface area contributed by atoms with Crippen LogP contribution in [0.15, 0.2) is 28.9 Å². The highest BCUT2D eigenvalue weighted by Gasteiger charge is 2.19. The van der Waals surface area contributed by atoms with E-state index in [9.17, 15) is 9.90 Å². The molecule has 0 amide bonds. The second kappa shape index (κ2) is 8.67. The number of aromatic nitrogens is 3. The van der Waals surface area contributed by atoms with Crippen LogP contribution < -0.4 is 20.4 Å². The SMILES string of the molecule is Cc1nc(Nc2nc(N(C)Cc3ccco3)cc(N3CCNCC3)n2)sc1C(=O)O. The molecule has 4 rings (SSSR count). The molecule has 0 bridgehead atoms. The molecular weight excluding hydrogens is 406 g/mol. The summed E-state index contributed by atoms with van der Waals surface area (Å²) in [6.07, 6.45) is 1.65. The summed E-state index contributed by atoms with van der Waals surface area (Å²) in [7, 11) is 1.94. The molecule has 4 heterocycles. The van der Waals surface area contributed by atoms with Gasteiger partial charge in [-0.3, -0.25) is 5.32 Å². The second-order valence-corrected chi connectivity index (χ2v) is 7.94. The van der Waals surface area contributed by atoms with E-state index >= 15 is 0 Å². The maximum Gasteiger partial charge on any atom is 0.347 e. The van der Waals surface area contributed by atoms with Crippen molar-refractivity contribution < 1.29 is 14.3 Å². The summed E-state index contributed by atoms with van der Waals surface area (Å²) in [6, 6.07) is 5.72. The lowest BCUT2D eigenvalue weighted by Gasteiger charge is -2.29. The van der Waals surface area contributed by atoms with Gasteiger partial charge in [0.25, 0.3) is 0 Å². The zero-order valence-corrected chi connectivity index (χ0v) is 17.6. The average Bonchev–Trinajstić information content (AvgIpc) is 3.38. The molecule has 3 aromatic rings. The second-order valence-electron chi connectivity index (χ2n) is 6.94. The lowest BCUT2D eigenvalue weighted by atomic mass is 10.3. The molecule has 10 nitrogen and oxygen atoms in total. The van der Waals surface area contributed by atoms with Gasteiger partial charge in [0.1, 0.15) is 22.3 Å². The van der Waals surface area contributed by atoms with E-state index in [2.05, 4.69) is 30.5 Å². The fourth-order valence-corrected chi connectivity index (χ4v) is 3.99. The minimum Gasteiger partial charge on any atom is -0.477 e. The lowest BCUT2D eigenvalue weighted by Crippen LogP contribution is -2.44. The quantitative estimate of drug-likeness (QED) is 0.516. The first kappa shape index (κ1) is 20.1. The van der Waals surface area contributed by atoms with Crippen LogP contribution in [0.3, 0.4) is 0 Å². The van der Waals surface area contributed by atoms with Gasteiger partial charge >= 0.3 is 5.97 Å². The molecule has 1 saturated heterocycles. The molecule has 3 N–H and O–H groups in total. The van der Waals surface area contributed by atoms with E-state index < -0.39 is 5.97 Å². The molecule has 0 atom stereocenters. The fraction of sp³-hybridized carbons (Fsp3) is 0.368. The van der Waals surface area contributed by atoms with Gasteiger partial charge in [0.2, 0.25) is 5.95 Å². The number of hydrogen-bond acceptors (Lipinski definition) is 10. The predicted octanol–water partition coefficient (Wildman–Crippen LogP) is 2.32. The van der Waals surface area contributed by atoms with Crippen molar-refractivity contribution in [2.75, 3.05) is 48.3 Å². The Hall–Kier alpha value is -3.18. The Labute approximate surface area is 177 Å². The van der Waals surface area contributed by atoms with E-state index in [1.165, 1.54) is 0 Å². The highest BCUT2D eigenvalue weighted by atomic mass is 32.1. The van der Waals surface area contributed by atoms with Crippen LogP contribution in [0.4, 0.5) is 22.7 Å². The first-order valence-corrected chi connectivity index (χ1v) is 10.4. The van der Waals surface area contributed by atoms with Gasteiger partial charge in [0, 0.05) is 39.3 Å². The summed E-state index contributed by atoms with van der Waals surface area (Å²) in [5.41, 5.74) is 0.462. The molecule has 0 aliphatic carbocycles.